The highest BCUT2D eigenvalue weighted by atomic mass is 16.5. The molecular formula is C18H29NO3. The van der Waals surface area contributed by atoms with Crippen LogP contribution in [0.5, 0.6) is 5.75 Å². The molecule has 0 aliphatic heterocycles. The van der Waals surface area contributed by atoms with Crippen LogP contribution in [0.15, 0.2) is 18.2 Å². The number of nitrogens with two attached hydrogens (primary N) is 1. The van der Waals surface area contributed by atoms with Gasteiger partial charge in [0, 0.05) is 6.42 Å². The van der Waals surface area contributed by atoms with Crippen LogP contribution < -0.4 is 5.73 Å². The first kappa shape index (κ1) is 18.3. The molecule has 1 unspecified atom stereocenters. The largest absolute Gasteiger partial charge is 0.506 e. The fourth-order valence-corrected chi connectivity index (χ4v) is 2.46. The van der Waals surface area contributed by atoms with Gasteiger partial charge in [0.1, 0.15) is 5.75 Å². The first-order valence-corrected chi connectivity index (χ1v) is 7.86. The maximum Gasteiger partial charge on any atom is 0.312 e. The van der Waals surface area contributed by atoms with Crippen LogP contribution in [0.4, 0.5) is 5.69 Å². The summed E-state index contributed by atoms with van der Waals surface area (Å²) in [5, 5.41) is 9.40. The fraction of sp³-hybridized carbons (Fsp3) is 0.611. The second-order valence-electron chi connectivity index (χ2n) is 7.11. The van der Waals surface area contributed by atoms with Gasteiger partial charge in [-0.2, -0.15) is 0 Å². The quantitative estimate of drug-likeness (QED) is 0.475. The van der Waals surface area contributed by atoms with E-state index >= 15 is 0 Å². The molecule has 22 heavy (non-hydrogen) atoms. The number of benzene rings is 1. The molecule has 1 atom stereocenters. The van der Waals surface area contributed by atoms with E-state index in [2.05, 4.69) is 27.7 Å². The zero-order valence-corrected chi connectivity index (χ0v) is 14.4. The average molecular weight is 307 g/mol. The Morgan fingerprint density at radius 1 is 1.27 bits per heavy atom. The molecule has 0 aliphatic carbocycles. The molecule has 1 rings (SSSR count). The lowest BCUT2D eigenvalue weighted by atomic mass is 9.65. The topological polar surface area (TPSA) is 72.5 Å². The summed E-state index contributed by atoms with van der Waals surface area (Å²) in [5.74, 6) is -0.0717. The summed E-state index contributed by atoms with van der Waals surface area (Å²) >= 11 is 0. The lowest BCUT2D eigenvalue weighted by Gasteiger charge is -2.39. The molecule has 4 nitrogen and oxygen atoms in total. The Hall–Kier alpha value is -1.71. The van der Waals surface area contributed by atoms with E-state index < -0.39 is 5.41 Å². The molecule has 124 valence electrons. The van der Waals surface area contributed by atoms with E-state index in [1.807, 2.05) is 6.92 Å². The Morgan fingerprint density at radius 3 is 2.41 bits per heavy atom. The van der Waals surface area contributed by atoms with Crippen LogP contribution in [0, 0.1) is 10.8 Å². The normalized spacial score (nSPS) is 14.4. The monoisotopic (exact) mass is 307 g/mol. The number of anilines is 1. The Labute approximate surface area is 133 Å². The maximum atomic E-state index is 12.5. The van der Waals surface area contributed by atoms with Gasteiger partial charge in [-0.3, -0.25) is 4.79 Å². The zero-order chi connectivity index (χ0) is 17.0. The summed E-state index contributed by atoms with van der Waals surface area (Å²) in [5.41, 5.74) is 6.30. The molecule has 4 heteroatoms. The van der Waals surface area contributed by atoms with E-state index in [0.717, 1.165) is 18.4 Å². The van der Waals surface area contributed by atoms with Crippen molar-refractivity contribution in [2.24, 2.45) is 10.8 Å². The first-order chi connectivity index (χ1) is 10.1. The molecule has 1 aromatic rings. The average Bonchev–Trinajstić information content (AvgIpc) is 2.41. The number of aromatic hydroxyl groups is 1. The first-order valence-electron chi connectivity index (χ1n) is 7.86. The second kappa shape index (κ2) is 7.03. The summed E-state index contributed by atoms with van der Waals surface area (Å²) in [4.78, 5) is 12.5. The van der Waals surface area contributed by atoms with E-state index in [1.165, 1.54) is 0 Å². The van der Waals surface area contributed by atoms with Gasteiger partial charge in [-0.25, -0.2) is 0 Å². The third-order valence-electron chi connectivity index (χ3n) is 4.57. The summed E-state index contributed by atoms with van der Waals surface area (Å²) in [6, 6.07) is 5.05. The smallest absolute Gasteiger partial charge is 0.312 e. The van der Waals surface area contributed by atoms with Gasteiger partial charge in [-0.1, -0.05) is 40.2 Å². The van der Waals surface area contributed by atoms with Crippen molar-refractivity contribution in [3.05, 3.63) is 23.8 Å². The standard InChI is InChI=1S/C18H29NO3/c1-6-10-18(5,17(2,3)4)16(21)22-11-9-13-7-8-15(20)14(19)12-13/h7-8,12,20H,6,9-11,19H2,1-5H3. The van der Waals surface area contributed by atoms with E-state index in [0.29, 0.717) is 18.7 Å². The molecule has 0 saturated heterocycles. The van der Waals surface area contributed by atoms with Crippen molar-refractivity contribution in [3.8, 4) is 5.75 Å². The Bertz CT molecular complexity index is 520. The van der Waals surface area contributed by atoms with Crippen molar-refractivity contribution >= 4 is 11.7 Å². The number of hydrogen-bond donors (Lipinski definition) is 2. The number of carbonyl (C=O) groups is 1. The molecule has 0 spiro atoms. The highest BCUT2D eigenvalue weighted by Crippen LogP contribution is 2.43. The second-order valence-corrected chi connectivity index (χ2v) is 7.11. The summed E-state index contributed by atoms with van der Waals surface area (Å²) < 4.78 is 5.52. The van der Waals surface area contributed by atoms with Crippen LogP contribution in [0.2, 0.25) is 0 Å². The van der Waals surface area contributed by atoms with Crippen molar-refractivity contribution in [2.45, 2.75) is 53.9 Å². The summed E-state index contributed by atoms with van der Waals surface area (Å²) in [7, 11) is 0. The minimum absolute atomic E-state index is 0.0731. The van der Waals surface area contributed by atoms with E-state index in [9.17, 15) is 9.90 Å². The minimum atomic E-state index is -0.490. The van der Waals surface area contributed by atoms with Crippen molar-refractivity contribution in [2.75, 3.05) is 12.3 Å². The van der Waals surface area contributed by atoms with Crippen molar-refractivity contribution < 1.29 is 14.6 Å². The lowest BCUT2D eigenvalue weighted by molar-refractivity contribution is -0.162. The van der Waals surface area contributed by atoms with Gasteiger partial charge in [0.2, 0.25) is 0 Å². The molecule has 0 aromatic heterocycles. The number of ether oxygens (including phenoxy) is 1. The maximum absolute atomic E-state index is 12.5. The molecule has 3 N–H and O–H groups in total. The SMILES string of the molecule is CCCC(C)(C(=O)OCCc1ccc(O)c(N)c1)C(C)(C)C. The number of carbonyl (C=O) groups excluding carboxylic acids is 1. The van der Waals surface area contributed by atoms with Crippen LogP contribution in [-0.2, 0) is 16.0 Å². The Kier molecular flexibility index (Phi) is 5.86. The van der Waals surface area contributed by atoms with E-state index in [1.54, 1.807) is 18.2 Å². The van der Waals surface area contributed by atoms with Gasteiger partial charge in [-0.05, 0) is 36.5 Å². The number of nitrogen functional groups attached to an aromatic ring is 1. The number of esters is 1. The number of phenols is 1. The molecule has 0 fully saturated rings. The number of hydrogen-bond acceptors (Lipinski definition) is 4. The third-order valence-corrected chi connectivity index (χ3v) is 4.57. The van der Waals surface area contributed by atoms with Gasteiger partial charge >= 0.3 is 5.97 Å². The molecule has 0 heterocycles. The van der Waals surface area contributed by atoms with Crippen molar-refractivity contribution in [1.82, 2.24) is 0 Å². The number of rotatable bonds is 6. The van der Waals surface area contributed by atoms with Crippen LogP contribution >= 0.6 is 0 Å². The van der Waals surface area contributed by atoms with Crippen molar-refractivity contribution in [3.63, 3.8) is 0 Å². The summed E-state index contributed by atoms with van der Waals surface area (Å²) in [6.45, 7) is 10.6. The molecule has 0 bridgehead atoms. The highest BCUT2D eigenvalue weighted by Gasteiger charge is 2.44. The molecule has 0 radical (unpaired) electrons. The Balaban J connectivity index is 2.66. The van der Waals surface area contributed by atoms with Crippen LogP contribution in [0.1, 0.15) is 53.0 Å². The Morgan fingerprint density at radius 2 is 1.91 bits per heavy atom. The molecular weight excluding hydrogens is 278 g/mol. The van der Waals surface area contributed by atoms with Crippen molar-refractivity contribution in [1.29, 1.82) is 0 Å². The summed E-state index contributed by atoms with van der Waals surface area (Å²) in [6.07, 6.45) is 2.33. The van der Waals surface area contributed by atoms with Crippen LogP contribution in [-0.4, -0.2) is 17.7 Å². The third kappa shape index (κ3) is 4.15. The van der Waals surface area contributed by atoms with Gasteiger partial charge < -0.3 is 15.6 Å². The molecule has 0 aliphatic rings. The van der Waals surface area contributed by atoms with E-state index in [4.69, 9.17) is 10.5 Å². The molecule has 0 amide bonds. The fourth-order valence-electron chi connectivity index (χ4n) is 2.46. The minimum Gasteiger partial charge on any atom is -0.506 e. The van der Waals surface area contributed by atoms with Gasteiger partial charge in [0.05, 0.1) is 17.7 Å². The van der Waals surface area contributed by atoms with Gasteiger partial charge in [-0.15, -0.1) is 0 Å². The zero-order valence-electron chi connectivity index (χ0n) is 14.4. The highest BCUT2D eigenvalue weighted by molar-refractivity contribution is 5.77. The molecule has 1 aromatic carbocycles. The van der Waals surface area contributed by atoms with E-state index in [-0.39, 0.29) is 17.1 Å². The number of phenolic OH excluding ortho intramolecular Hbond substituents is 1. The lowest BCUT2D eigenvalue weighted by Crippen LogP contribution is -2.41. The van der Waals surface area contributed by atoms with Gasteiger partial charge in [0.15, 0.2) is 0 Å². The molecule has 0 saturated carbocycles. The predicted octanol–water partition coefficient (Wildman–Crippen LogP) is 3.91. The van der Waals surface area contributed by atoms with Crippen LogP contribution in [0.3, 0.4) is 0 Å². The van der Waals surface area contributed by atoms with Gasteiger partial charge in [0.25, 0.3) is 0 Å². The van der Waals surface area contributed by atoms with Crippen LogP contribution in [0.25, 0.3) is 0 Å². The predicted molar refractivity (Wildman–Crippen MR) is 89.7 cm³/mol.